The molecule has 0 radical (unpaired) electrons. The molecular formula is C14H22N2O2. The standard InChI is InChI=1S/C14H22N2O2/c1-15-9-12-6-4-8-16(12)10-11-5-3-7-13(18-2)14(11)17/h3,5,7,12,15,17H,4,6,8-10H2,1-2H3. The number of ether oxygens (including phenoxy) is 1. The molecule has 2 rings (SSSR count). The Morgan fingerprint density at radius 3 is 3.06 bits per heavy atom. The summed E-state index contributed by atoms with van der Waals surface area (Å²) in [6, 6.07) is 6.25. The summed E-state index contributed by atoms with van der Waals surface area (Å²) in [5.41, 5.74) is 0.942. The molecule has 1 unspecified atom stereocenters. The highest BCUT2D eigenvalue weighted by Gasteiger charge is 2.24. The molecule has 1 aromatic carbocycles. The summed E-state index contributed by atoms with van der Waals surface area (Å²) in [5.74, 6) is 0.826. The summed E-state index contributed by atoms with van der Waals surface area (Å²) in [6.07, 6.45) is 2.46. The second-order valence-electron chi connectivity index (χ2n) is 4.79. The molecule has 100 valence electrons. The molecule has 1 aliphatic rings. The maximum atomic E-state index is 10.1. The fourth-order valence-electron chi connectivity index (χ4n) is 2.65. The Bertz CT molecular complexity index is 395. The van der Waals surface area contributed by atoms with Crippen molar-refractivity contribution in [3.63, 3.8) is 0 Å². The van der Waals surface area contributed by atoms with Crippen molar-refractivity contribution in [3.05, 3.63) is 23.8 Å². The number of nitrogens with zero attached hydrogens (tertiary/aromatic N) is 1. The summed E-state index contributed by atoms with van der Waals surface area (Å²) in [6.45, 7) is 2.89. The third-order valence-corrected chi connectivity index (χ3v) is 3.61. The Hall–Kier alpha value is -1.26. The minimum absolute atomic E-state index is 0.273. The molecule has 0 aromatic heterocycles. The third kappa shape index (κ3) is 2.76. The summed E-state index contributed by atoms with van der Waals surface area (Å²) in [7, 11) is 3.57. The molecule has 1 saturated heterocycles. The Balaban J connectivity index is 2.09. The summed E-state index contributed by atoms with van der Waals surface area (Å²) >= 11 is 0. The average molecular weight is 250 g/mol. The van der Waals surface area contributed by atoms with E-state index in [-0.39, 0.29) is 5.75 Å². The number of likely N-dealkylation sites (tertiary alicyclic amines) is 1. The van der Waals surface area contributed by atoms with Crippen LogP contribution in [-0.2, 0) is 6.54 Å². The molecule has 1 fully saturated rings. The number of phenols is 1. The first-order chi connectivity index (χ1) is 8.76. The fraction of sp³-hybridized carbons (Fsp3) is 0.571. The highest BCUT2D eigenvalue weighted by molar-refractivity contribution is 5.45. The zero-order valence-corrected chi connectivity index (χ0v) is 11.1. The van der Waals surface area contributed by atoms with Crippen molar-refractivity contribution in [3.8, 4) is 11.5 Å². The van der Waals surface area contributed by atoms with Gasteiger partial charge in [0.2, 0.25) is 0 Å². The molecule has 1 aromatic rings. The molecule has 4 nitrogen and oxygen atoms in total. The van der Waals surface area contributed by atoms with Gasteiger partial charge in [-0.1, -0.05) is 12.1 Å². The zero-order chi connectivity index (χ0) is 13.0. The Morgan fingerprint density at radius 1 is 1.50 bits per heavy atom. The van der Waals surface area contributed by atoms with Crippen molar-refractivity contribution >= 4 is 0 Å². The highest BCUT2D eigenvalue weighted by atomic mass is 16.5. The van der Waals surface area contributed by atoms with E-state index in [1.807, 2.05) is 19.2 Å². The molecule has 1 aliphatic heterocycles. The van der Waals surface area contributed by atoms with Crippen LogP contribution in [0.25, 0.3) is 0 Å². The molecule has 0 bridgehead atoms. The second kappa shape index (κ2) is 6.07. The summed E-state index contributed by atoms with van der Waals surface area (Å²) < 4.78 is 5.14. The van der Waals surface area contributed by atoms with Crippen LogP contribution in [0.3, 0.4) is 0 Å². The number of hydrogen-bond donors (Lipinski definition) is 2. The van der Waals surface area contributed by atoms with Crippen LogP contribution >= 0.6 is 0 Å². The van der Waals surface area contributed by atoms with Gasteiger partial charge in [0.05, 0.1) is 7.11 Å². The predicted molar refractivity (Wildman–Crippen MR) is 72.0 cm³/mol. The van der Waals surface area contributed by atoms with Crippen molar-refractivity contribution in [1.82, 2.24) is 10.2 Å². The van der Waals surface area contributed by atoms with Crippen LogP contribution in [0.4, 0.5) is 0 Å². The van der Waals surface area contributed by atoms with E-state index in [0.717, 1.165) is 25.2 Å². The number of aromatic hydroxyl groups is 1. The third-order valence-electron chi connectivity index (χ3n) is 3.61. The fourth-order valence-corrected chi connectivity index (χ4v) is 2.65. The van der Waals surface area contributed by atoms with Crippen molar-refractivity contribution in [2.75, 3.05) is 27.2 Å². The van der Waals surface area contributed by atoms with Crippen molar-refractivity contribution < 1.29 is 9.84 Å². The lowest BCUT2D eigenvalue weighted by Gasteiger charge is -2.24. The molecular weight excluding hydrogens is 228 g/mol. The van der Waals surface area contributed by atoms with Gasteiger partial charge in [-0.2, -0.15) is 0 Å². The normalized spacial score (nSPS) is 20.2. The van der Waals surface area contributed by atoms with Gasteiger partial charge in [-0.3, -0.25) is 4.90 Å². The molecule has 0 amide bonds. The molecule has 0 aliphatic carbocycles. The van der Waals surface area contributed by atoms with E-state index in [9.17, 15) is 5.11 Å². The van der Waals surface area contributed by atoms with Crippen molar-refractivity contribution in [1.29, 1.82) is 0 Å². The first kappa shape index (κ1) is 13.2. The first-order valence-corrected chi connectivity index (χ1v) is 6.49. The number of methoxy groups -OCH3 is 1. The van der Waals surface area contributed by atoms with E-state index in [1.165, 1.54) is 12.8 Å². The first-order valence-electron chi connectivity index (χ1n) is 6.49. The van der Waals surface area contributed by atoms with E-state index in [4.69, 9.17) is 4.74 Å². The molecule has 0 saturated carbocycles. The highest BCUT2D eigenvalue weighted by Crippen LogP contribution is 2.31. The van der Waals surface area contributed by atoms with Gasteiger partial charge >= 0.3 is 0 Å². The number of para-hydroxylation sites is 1. The maximum absolute atomic E-state index is 10.1. The second-order valence-corrected chi connectivity index (χ2v) is 4.79. The number of hydrogen-bond acceptors (Lipinski definition) is 4. The van der Waals surface area contributed by atoms with Gasteiger partial charge in [-0.25, -0.2) is 0 Å². The largest absolute Gasteiger partial charge is 0.504 e. The van der Waals surface area contributed by atoms with Crippen LogP contribution in [-0.4, -0.2) is 43.3 Å². The quantitative estimate of drug-likeness (QED) is 0.833. The Morgan fingerprint density at radius 2 is 2.33 bits per heavy atom. The number of benzene rings is 1. The van der Waals surface area contributed by atoms with Gasteiger partial charge in [0.1, 0.15) is 0 Å². The summed E-state index contributed by atoms with van der Waals surface area (Å²) in [4.78, 5) is 2.42. The summed E-state index contributed by atoms with van der Waals surface area (Å²) in [5, 5.41) is 13.3. The lowest BCUT2D eigenvalue weighted by Crippen LogP contribution is -2.36. The topological polar surface area (TPSA) is 44.7 Å². The number of nitrogens with one attached hydrogen (secondary N) is 1. The smallest absolute Gasteiger partial charge is 0.162 e. The van der Waals surface area contributed by atoms with Crippen LogP contribution < -0.4 is 10.1 Å². The van der Waals surface area contributed by atoms with E-state index < -0.39 is 0 Å². The van der Waals surface area contributed by atoms with Crippen LogP contribution in [0.2, 0.25) is 0 Å². The van der Waals surface area contributed by atoms with Crippen LogP contribution in [0.1, 0.15) is 18.4 Å². The molecule has 18 heavy (non-hydrogen) atoms. The van der Waals surface area contributed by atoms with Gasteiger partial charge < -0.3 is 15.2 Å². The number of rotatable bonds is 5. The van der Waals surface area contributed by atoms with E-state index in [1.54, 1.807) is 13.2 Å². The van der Waals surface area contributed by atoms with Crippen LogP contribution in [0, 0.1) is 0 Å². The Kier molecular flexibility index (Phi) is 4.44. The van der Waals surface area contributed by atoms with Gasteiger partial charge in [0, 0.05) is 24.7 Å². The van der Waals surface area contributed by atoms with Gasteiger partial charge in [-0.05, 0) is 32.5 Å². The number of likely N-dealkylation sites (N-methyl/N-ethyl adjacent to an activating group) is 1. The minimum atomic E-state index is 0.273. The zero-order valence-electron chi connectivity index (χ0n) is 11.1. The Labute approximate surface area is 109 Å². The van der Waals surface area contributed by atoms with Crippen LogP contribution in [0.15, 0.2) is 18.2 Å². The predicted octanol–water partition coefficient (Wildman–Crippen LogP) is 1.58. The van der Waals surface area contributed by atoms with E-state index in [2.05, 4.69) is 10.2 Å². The molecule has 0 spiro atoms. The monoisotopic (exact) mass is 250 g/mol. The lowest BCUT2D eigenvalue weighted by molar-refractivity contribution is 0.238. The van der Waals surface area contributed by atoms with Crippen molar-refractivity contribution in [2.24, 2.45) is 0 Å². The minimum Gasteiger partial charge on any atom is -0.504 e. The van der Waals surface area contributed by atoms with Gasteiger partial charge in [0.15, 0.2) is 11.5 Å². The molecule has 4 heteroatoms. The maximum Gasteiger partial charge on any atom is 0.162 e. The van der Waals surface area contributed by atoms with Gasteiger partial charge in [0.25, 0.3) is 0 Å². The van der Waals surface area contributed by atoms with Crippen molar-refractivity contribution in [2.45, 2.75) is 25.4 Å². The molecule has 1 heterocycles. The number of phenolic OH excluding ortho intramolecular Hbond substituents is 1. The SMILES string of the molecule is CNCC1CCCN1Cc1cccc(OC)c1O. The van der Waals surface area contributed by atoms with Gasteiger partial charge in [-0.15, -0.1) is 0 Å². The molecule has 2 N–H and O–H groups in total. The molecule has 1 atom stereocenters. The van der Waals surface area contributed by atoms with Crippen LogP contribution in [0.5, 0.6) is 11.5 Å². The lowest BCUT2D eigenvalue weighted by atomic mass is 10.1. The van der Waals surface area contributed by atoms with E-state index >= 15 is 0 Å². The average Bonchev–Trinajstić information content (AvgIpc) is 2.80. The van der Waals surface area contributed by atoms with E-state index in [0.29, 0.717) is 11.8 Å².